The molecular weight excluding hydrogens is 458 g/mol. The number of aromatic amines is 2. The van der Waals surface area contributed by atoms with Crippen molar-refractivity contribution in [1.82, 2.24) is 24.6 Å². The van der Waals surface area contributed by atoms with Gasteiger partial charge in [0.1, 0.15) is 5.69 Å². The molecule has 2 saturated heterocycles. The Hall–Kier alpha value is -3.43. The predicted molar refractivity (Wildman–Crippen MR) is 138 cm³/mol. The molecule has 0 bridgehead atoms. The van der Waals surface area contributed by atoms with Crippen LogP contribution in [-0.2, 0) is 17.7 Å². The van der Waals surface area contributed by atoms with E-state index in [9.17, 15) is 14.7 Å². The molecule has 2 aliphatic heterocycles. The van der Waals surface area contributed by atoms with Gasteiger partial charge in [0.25, 0.3) is 11.1 Å². The fourth-order valence-electron chi connectivity index (χ4n) is 5.53. The van der Waals surface area contributed by atoms with Crippen LogP contribution in [0.2, 0.25) is 0 Å². The van der Waals surface area contributed by atoms with Gasteiger partial charge in [0.15, 0.2) is 0 Å². The molecule has 0 amide bonds. The molecule has 36 heavy (non-hydrogen) atoms. The molecule has 188 valence electrons. The lowest BCUT2D eigenvalue weighted by atomic mass is 10.0. The van der Waals surface area contributed by atoms with Crippen LogP contribution in [0.1, 0.15) is 43.5 Å². The zero-order valence-corrected chi connectivity index (χ0v) is 20.3. The normalized spacial score (nSPS) is 20.7. The average Bonchev–Trinajstić information content (AvgIpc) is 3.48. The van der Waals surface area contributed by atoms with E-state index in [1.165, 1.54) is 12.8 Å². The van der Waals surface area contributed by atoms with Crippen LogP contribution in [0.4, 0.5) is 0 Å². The monoisotopic (exact) mass is 489 g/mol. The van der Waals surface area contributed by atoms with Gasteiger partial charge in [-0.05, 0) is 69.0 Å². The molecule has 9 heteroatoms. The molecule has 2 fully saturated rings. The van der Waals surface area contributed by atoms with Crippen LogP contribution in [-0.4, -0.2) is 62.1 Å². The van der Waals surface area contributed by atoms with Crippen molar-refractivity contribution in [3.8, 4) is 11.3 Å². The largest absolute Gasteiger partial charge is 0.512 e. The lowest BCUT2D eigenvalue weighted by molar-refractivity contribution is 0.0418. The number of hydrogen-bond donors (Lipinski definition) is 3. The molecule has 6 rings (SSSR count). The van der Waals surface area contributed by atoms with E-state index in [1.54, 1.807) is 29.0 Å². The smallest absolute Gasteiger partial charge is 0.275 e. The fraction of sp³-hybridized carbons (Fsp3) is 0.444. The van der Waals surface area contributed by atoms with Gasteiger partial charge in [-0.25, -0.2) is 4.98 Å². The molecule has 3 aromatic rings. The summed E-state index contributed by atoms with van der Waals surface area (Å²) >= 11 is 0. The Morgan fingerprint density at radius 2 is 1.94 bits per heavy atom. The van der Waals surface area contributed by atoms with Gasteiger partial charge in [-0.3, -0.25) is 19.4 Å². The Balaban J connectivity index is 1.38. The SMILES string of the molecule is O=c1[nH]c2c(nc1-c1cccc3c(=O)n(CCN4CCCC4)[nH]c13)CC(O)=CC(C1CCCCO1)=C2. The zero-order valence-electron chi connectivity index (χ0n) is 20.3. The van der Waals surface area contributed by atoms with Gasteiger partial charge in [-0.1, -0.05) is 12.1 Å². The Kier molecular flexibility index (Phi) is 6.10. The highest BCUT2D eigenvalue weighted by Gasteiger charge is 2.23. The van der Waals surface area contributed by atoms with Crippen molar-refractivity contribution in [1.29, 1.82) is 0 Å². The van der Waals surface area contributed by atoms with E-state index in [2.05, 4.69) is 15.0 Å². The van der Waals surface area contributed by atoms with E-state index >= 15 is 0 Å². The van der Waals surface area contributed by atoms with Crippen LogP contribution in [0.5, 0.6) is 0 Å². The molecule has 3 N–H and O–H groups in total. The minimum absolute atomic E-state index is 0.0992. The summed E-state index contributed by atoms with van der Waals surface area (Å²) in [6.07, 6.45) is 9.08. The van der Waals surface area contributed by atoms with Crippen molar-refractivity contribution in [2.45, 2.75) is 51.2 Å². The van der Waals surface area contributed by atoms with Gasteiger partial charge in [0.2, 0.25) is 0 Å². The molecule has 1 atom stereocenters. The molecule has 3 aliphatic rings. The molecule has 0 saturated carbocycles. The van der Waals surface area contributed by atoms with Gasteiger partial charge in [-0.15, -0.1) is 0 Å². The van der Waals surface area contributed by atoms with E-state index in [1.807, 2.05) is 6.08 Å². The van der Waals surface area contributed by atoms with Crippen LogP contribution in [0.25, 0.3) is 28.2 Å². The second-order valence-corrected chi connectivity index (χ2v) is 9.93. The van der Waals surface area contributed by atoms with Crippen molar-refractivity contribution in [2.24, 2.45) is 0 Å². The maximum absolute atomic E-state index is 13.2. The van der Waals surface area contributed by atoms with Crippen LogP contribution in [0, 0.1) is 0 Å². The first-order valence-electron chi connectivity index (χ1n) is 12.9. The van der Waals surface area contributed by atoms with Crippen LogP contribution in [0.3, 0.4) is 0 Å². The number of para-hydroxylation sites is 1. The number of benzene rings is 1. The minimum atomic E-state index is -0.339. The van der Waals surface area contributed by atoms with Crippen molar-refractivity contribution in [3.63, 3.8) is 0 Å². The maximum Gasteiger partial charge on any atom is 0.275 e. The summed E-state index contributed by atoms with van der Waals surface area (Å²) in [5, 5.41) is 14.4. The average molecular weight is 490 g/mol. The Morgan fingerprint density at radius 1 is 1.08 bits per heavy atom. The quantitative estimate of drug-likeness (QED) is 0.507. The number of hydrogen-bond acceptors (Lipinski definition) is 6. The lowest BCUT2D eigenvalue weighted by Crippen LogP contribution is -2.28. The van der Waals surface area contributed by atoms with E-state index in [0.29, 0.717) is 41.0 Å². The van der Waals surface area contributed by atoms with Crippen LogP contribution < -0.4 is 11.1 Å². The van der Waals surface area contributed by atoms with Gasteiger partial charge in [-0.2, -0.15) is 0 Å². The molecule has 4 heterocycles. The first-order valence-corrected chi connectivity index (χ1v) is 12.9. The number of aromatic nitrogens is 4. The second kappa shape index (κ2) is 9.55. The Bertz CT molecular complexity index is 1470. The highest BCUT2D eigenvalue weighted by atomic mass is 16.5. The van der Waals surface area contributed by atoms with Crippen molar-refractivity contribution in [3.05, 3.63) is 67.7 Å². The van der Waals surface area contributed by atoms with E-state index in [4.69, 9.17) is 9.72 Å². The topological polar surface area (TPSA) is 116 Å². The molecular formula is C27H31N5O4. The fourth-order valence-corrected chi connectivity index (χ4v) is 5.53. The van der Waals surface area contributed by atoms with Crippen LogP contribution in [0.15, 0.2) is 45.2 Å². The predicted octanol–water partition coefficient (Wildman–Crippen LogP) is 3.13. The number of fused-ring (bicyclic) bond motifs is 2. The van der Waals surface area contributed by atoms with Crippen molar-refractivity contribution in [2.75, 3.05) is 26.2 Å². The summed E-state index contributed by atoms with van der Waals surface area (Å²) in [4.78, 5) is 36.3. The highest BCUT2D eigenvalue weighted by Crippen LogP contribution is 2.28. The maximum atomic E-state index is 13.2. The Labute approximate surface area is 208 Å². The molecule has 2 aromatic heterocycles. The first-order chi connectivity index (χ1) is 17.6. The standard InChI is InChI=1S/C27H31N5O4/c33-18-14-17(23-8-1-4-13-36-23)15-21-22(16-18)28-25(26(34)29-21)19-6-5-7-20-24(19)30-32(27(20)35)12-11-31-9-2-3-10-31/h5-7,14-15,23,30,33H,1-4,8-13,16H2,(H,29,34). The number of ether oxygens (including phenoxy) is 1. The van der Waals surface area contributed by atoms with Gasteiger partial charge in [0, 0.05) is 25.1 Å². The van der Waals surface area contributed by atoms with Gasteiger partial charge in [0.05, 0.1) is 40.7 Å². The summed E-state index contributed by atoms with van der Waals surface area (Å²) in [7, 11) is 0. The first kappa shape index (κ1) is 23.0. The summed E-state index contributed by atoms with van der Waals surface area (Å²) < 4.78 is 7.52. The number of likely N-dealkylation sites (tertiary alicyclic amines) is 1. The summed E-state index contributed by atoms with van der Waals surface area (Å²) in [6, 6.07) is 5.35. The van der Waals surface area contributed by atoms with E-state index < -0.39 is 0 Å². The van der Waals surface area contributed by atoms with Crippen LogP contribution >= 0.6 is 0 Å². The third kappa shape index (κ3) is 4.33. The third-order valence-electron chi connectivity index (χ3n) is 7.45. The number of nitrogens with one attached hydrogen (secondary N) is 2. The molecule has 0 radical (unpaired) electrons. The highest BCUT2D eigenvalue weighted by molar-refractivity contribution is 5.92. The molecule has 0 spiro atoms. The molecule has 1 aromatic carbocycles. The number of aliphatic hydroxyl groups is 1. The third-order valence-corrected chi connectivity index (χ3v) is 7.45. The number of H-pyrrole nitrogens is 2. The zero-order chi connectivity index (χ0) is 24.6. The van der Waals surface area contributed by atoms with E-state index in [-0.39, 0.29) is 35.1 Å². The molecule has 1 aliphatic carbocycles. The molecule has 1 unspecified atom stereocenters. The minimum Gasteiger partial charge on any atom is -0.512 e. The lowest BCUT2D eigenvalue weighted by Gasteiger charge is -2.23. The van der Waals surface area contributed by atoms with Gasteiger partial charge >= 0.3 is 0 Å². The van der Waals surface area contributed by atoms with Crippen molar-refractivity contribution < 1.29 is 9.84 Å². The Morgan fingerprint density at radius 3 is 2.75 bits per heavy atom. The summed E-state index contributed by atoms with van der Waals surface area (Å²) in [5.74, 6) is 0.180. The summed E-state index contributed by atoms with van der Waals surface area (Å²) in [5.41, 5.74) is 2.96. The van der Waals surface area contributed by atoms with Gasteiger partial charge < -0.3 is 19.7 Å². The number of allylic oxidation sites excluding steroid dienone is 1. The molecule has 9 nitrogen and oxygen atoms in total. The second-order valence-electron chi connectivity index (χ2n) is 9.93. The summed E-state index contributed by atoms with van der Waals surface area (Å²) in [6.45, 7) is 4.20. The van der Waals surface area contributed by atoms with Crippen molar-refractivity contribution >= 4 is 17.0 Å². The number of aliphatic hydroxyl groups excluding tert-OH is 1. The van der Waals surface area contributed by atoms with E-state index in [0.717, 1.165) is 44.5 Å². The number of nitrogens with zero attached hydrogens (tertiary/aromatic N) is 3. The number of rotatable bonds is 5.